The van der Waals surface area contributed by atoms with Gasteiger partial charge in [0, 0.05) is 19.3 Å². The molecular formula is C12H21NO. The molecule has 3 fully saturated rings. The summed E-state index contributed by atoms with van der Waals surface area (Å²) in [4.78, 5) is 0. The lowest BCUT2D eigenvalue weighted by molar-refractivity contribution is 0.0581. The molecule has 0 amide bonds. The van der Waals surface area contributed by atoms with Crippen molar-refractivity contribution < 1.29 is 4.74 Å². The average molecular weight is 195 g/mol. The van der Waals surface area contributed by atoms with Crippen molar-refractivity contribution in [3.05, 3.63) is 0 Å². The minimum absolute atomic E-state index is 0.894. The van der Waals surface area contributed by atoms with Gasteiger partial charge >= 0.3 is 0 Å². The number of ether oxygens (including phenoxy) is 1. The minimum Gasteiger partial charge on any atom is -0.381 e. The van der Waals surface area contributed by atoms with E-state index in [1.54, 1.807) is 0 Å². The molecule has 0 aromatic carbocycles. The fraction of sp³-hybridized carbons (Fsp3) is 1.00. The zero-order valence-corrected chi connectivity index (χ0v) is 8.87. The summed E-state index contributed by atoms with van der Waals surface area (Å²) in [6, 6.07) is 0.894. The summed E-state index contributed by atoms with van der Waals surface area (Å²) in [5.74, 6) is 3.05. The molecule has 2 nitrogen and oxygen atoms in total. The lowest BCUT2D eigenvalue weighted by atomic mass is 9.93. The summed E-state index contributed by atoms with van der Waals surface area (Å²) in [6.45, 7) is 3.33. The van der Waals surface area contributed by atoms with Crippen LogP contribution >= 0.6 is 0 Å². The number of rotatable bonds is 4. The molecule has 2 saturated carbocycles. The molecular weight excluding hydrogens is 174 g/mol. The molecule has 1 saturated heterocycles. The molecule has 14 heavy (non-hydrogen) atoms. The van der Waals surface area contributed by atoms with Crippen LogP contribution in [0.3, 0.4) is 0 Å². The Balaban J connectivity index is 1.38. The van der Waals surface area contributed by atoms with Gasteiger partial charge < -0.3 is 10.1 Å². The Labute approximate surface area is 86.4 Å². The van der Waals surface area contributed by atoms with E-state index in [1.165, 1.54) is 38.6 Å². The Morgan fingerprint density at radius 1 is 1.07 bits per heavy atom. The molecule has 2 atom stereocenters. The first-order chi connectivity index (χ1) is 6.93. The van der Waals surface area contributed by atoms with Crippen LogP contribution in [-0.4, -0.2) is 25.8 Å². The molecule has 0 aromatic heterocycles. The summed E-state index contributed by atoms with van der Waals surface area (Å²) in [7, 11) is 0. The molecule has 0 aromatic rings. The second-order valence-corrected chi connectivity index (χ2v) is 5.29. The molecule has 1 N–H and O–H groups in total. The fourth-order valence-corrected chi connectivity index (χ4v) is 2.83. The normalized spacial score (nSPS) is 38.6. The maximum Gasteiger partial charge on any atom is 0.0468 e. The third-order valence-corrected chi connectivity index (χ3v) is 4.09. The lowest BCUT2D eigenvalue weighted by Gasteiger charge is -2.22. The maximum absolute atomic E-state index is 5.41. The Bertz CT molecular complexity index is 196. The van der Waals surface area contributed by atoms with Gasteiger partial charge in [-0.3, -0.25) is 0 Å². The highest BCUT2D eigenvalue weighted by atomic mass is 16.5. The highest BCUT2D eigenvalue weighted by Crippen LogP contribution is 2.47. The van der Waals surface area contributed by atoms with Gasteiger partial charge in [-0.05, 0) is 56.4 Å². The first kappa shape index (κ1) is 9.17. The summed E-state index contributed by atoms with van der Waals surface area (Å²) in [6.07, 6.45) is 6.99. The molecule has 3 aliphatic rings. The van der Waals surface area contributed by atoms with Crippen molar-refractivity contribution >= 4 is 0 Å². The molecule has 1 heterocycles. The zero-order chi connectivity index (χ0) is 9.38. The van der Waals surface area contributed by atoms with Gasteiger partial charge in [0.25, 0.3) is 0 Å². The Hall–Kier alpha value is -0.0800. The molecule has 0 spiro atoms. The topological polar surface area (TPSA) is 21.3 Å². The number of hydrogen-bond donors (Lipinski definition) is 1. The van der Waals surface area contributed by atoms with Crippen molar-refractivity contribution in [2.45, 2.75) is 38.1 Å². The van der Waals surface area contributed by atoms with Gasteiger partial charge in [0.2, 0.25) is 0 Å². The number of hydrogen-bond acceptors (Lipinski definition) is 2. The van der Waals surface area contributed by atoms with Crippen molar-refractivity contribution in [2.24, 2.45) is 17.8 Å². The summed E-state index contributed by atoms with van der Waals surface area (Å²) >= 11 is 0. The van der Waals surface area contributed by atoms with E-state index in [0.29, 0.717) is 0 Å². The maximum atomic E-state index is 5.41. The smallest absolute Gasteiger partial charge is 0.0468 e. The second-order valence-electron chi connectivity index (χ2n) is 5.29. The van der Waals surface area contributed by atoms with Crippen molar-refractivity contribution in [1.29, 1.82) is 0 Å². The summed E-state index contributed by atoms with van der Waals surface area (Å²) in [5.41, 5.74) is 0. The number of nitrogens with one attached hydrogen (secondary N) is 1. The summed E-state index contributed by atoms with van der Waals surface area (Å²) in [5, 5.41) is 3.66. The van der Waals surface area contributed by atoms with Crippen LogP contribution in [0.5, 0.6) is 0 Å². The molecule has 0 bridgehead atoms. The Kier molecular flexibility index (Phi) is 2.50. The van der Waals surface area contributed by atoms with Crippen LogP contribution in [0, 0.1) is 17.8 Å². The lowest BCUT2D eigenvalue weighted by Crippen LogP contribution is -2.22. The van der Waals surface area contributed by atoms with E-state index in [-0.39, 0.29) is 0 Å². The first-order valence-electron chi connectivity index (χ1n) is 6.24. The van der Waals surface area contributed by atoms with E-state index in [1.807, 2.05) is 0 Å². The second kappa shape index (κ2) is 3.82. The monoisotopic (exact) mass is 195 g/mol. The minimum atomic E-state index is 0.894. The molecule has 2 unspecified atom stereocenters. The van der Waals surface area contributed by atoms with Crippen LogP contribution in [-0.2, 0) is 4.74 Å². The van der Waals surface area contributed by atoms with E-state index in [9.17, 15) is 0 Å². The third kappa shape index (κ3) is 2.12. The van der Waals surface area contributed by atoms with Crippen LogP contribution in [0.4, 0.5) is 0 Å². The van der Waals surface area contributed by atoms with Gasteiger partial charge in [-0.2, -0.15) is 0 Å². The van der Waals surface area contributed by atoms with Gasteiger partial charge in [0.15, 0.2) is 0 Å². The predicted octanol–water partition coefficient (Wildman–Crippen LogP) is 1.80. The van der Waals surface area contributed by atoms with Crippen LogP contribution in [0.25, 0.3) is 0 Å². The van der Waals surface area contributed by atoms with Gasteiger partial charge in [0.1, 0.15) is 0 Å². The fourth-order valence-electron chi connectivity index (χ4n) is 2.83. The predicted molar refractivity (Wildman–Crippen MR) is 56.2 cm³/mol. The van der Waals surface area contributed by atoms with Gasteiger partial charge in [-0.1, -0.05) is 0 Å². The molecule has 80 valence electrons. The molecule has 1 aliphatic heterocycles. The largest absolute Gasteiger partial charge is 0.381 e. The average Bonchev–Trinajstić information content (AvgIpc) is 3.12. The van der Waals surface area contributed by atoms with E-state index in [2.05, 4.69) is 5.32 Å². The molecule has 2 aliphatic carbocycles. The molecule has 3 rings (SSSR count). The Morgan fingerprint density at radius 3 is 2.57 bits per heavy atom. The van der Waals surface area contributed by atoms with Crippen LogP contribution in [0.15, 0.2) is 0 Å². The zero-order valence-electron chi connectivity index (χ0n) is 8.87. The van der Waals surface area contributed by atoms with E-state index in [0.717, 1.165) is 37.0 Å². The molecule has 0 radical (unpaired) electrons. The summed E-state index contributed by atoms with van der Waals surface area (Å²) < 4.78 is 5.41. The van der Waals surface area contributed by atoms with Crippen molar-refractivity contribution in [3.63, 3.8) is 0 Å². The first-order valence-corrected chi connectivity index (χ1v) is 6.24. The van der Waals surface area contributed by atoms with E-state index >= 15 is 0 Å². The van der Waals surface area contributed by atoms with Crippen molar-refractivity contribution in [3.8, 4) is 0 Å². The highest BCUT2D eigenvalue weighted by molar-refractivity contribution is 4.94. The quantitative estimate of drug-likeness (QED) is 0.738. The van der Waals surface area contributed by atoms with Crippen LogP contribution in [0.2, 0.25) is 0 Å². The van der Waals surface area contributed by atoms with E-state index < -0.39 is 0 Å². The molecule has 2 heteroatoms. The van der Waals surface area contributed by atoms with Gasteiger partial charge in [0.05, 0.1) is 0 Å². The standard InChI is InChI=1S/C12H21NO/c1-2-11(1)13-8-10-7-12(10)9-3-5-14-6-4-9/h9-13H,1-8H2. The van der Waals surface area contributed by atoms with E-state index in [4.69, 9.17) is 4.74 Å². The van der Waals surface area contributed by atoms with Crippen LogP contribution in [0.1, 0.15) is 32.1 Å². The van der Waals surface area contributed by atoms with Crippen LogP contribution < -0.4 is 5.32 Å². The van der Waals surface area contributed by atoms with Crippen molar-refractivity contribution in [1.82, 2.24) is 5.32 Å². The van der Waals surface area contributed by atoms with Gasteiger partial charge in [-0.15, -0.1) is 0 Å². The third-order valence-electron chi connectivity index (χ3n) is 4.09. The highest BCUT2D eigenvalue weighted by Gasteiger charge is 2.43. The van der Waals surface area contributed by atoms with Crippen molar-refractivity contribution in [2.75, 3.05) is 19.8 Å². The SMILES string of the molecule is C1CC(C2CC2CNC2CC2)CCO1. The van der Waals surface area contributed by atoms with Gasteiger partial charge in [-0.25, -0.2) is 0 Å². The Morgan fingerprint density at radius 2 is 1.86 bits per heavy atom.